The third kappa shape index (κ3) is 5.06. The predicted octanol–water partition coefficient (Wildman–Crippen LogP) is 4.37. The van der Waals surface area contributed by atoms with Crippen molar-refractivity contribution in [3.63, 3.8) is 0 Å². The summed E-state index contributed by atoms with van der Waals surface area (Å²) in [6.45, 7) is 10.8. The van der Waals surface area contributed by atoms with Crippen molar-refractivity contribution >= 4 is 33.4 Å². The van der Waals surface area contributed by atoms with Gasteiger partial charge in [-0.05, 0) is 67.2 Å². The van der Waals surface area contributed by atoms with E-state index >= 15 is 0 Å². The molecule has 1 aromatic rings. The number of benzene rings is 1. The van der Waals surface area contributed by atoms with Gasteiger partial charge in [0.15, 0.2) is 0 Å². The predicted molar refractivity (Wildman–Crippen MR) is 98.5 cm³/mol. The summed E-state index contributed by atoms with van der Waals surface area (Å²) < 4.78 is 0.813. The fraction of sp³-hybridized carbons (Fsp3) is 0.556. The second-order valence-corrected chi connectivity index (χ2v) is 7.21. The first-order valence-electron chi connectivity index (χ1n) is 8.11. The van der Waals surface area contributed by atoms with Crippen LogP contribution in [0.4, 0.5) is 5.69 Å². The summed E-state index contributed by atoms with van der Waals surface area (Å²) in [6.07, 6.45) is 1.76. The molecule has 0 radical (unpaired) electrons. The van der Waals surface area contributed by atoms with E-state index in [-0.39, 0.29) is 11.8 Å². The normalized spacial score (nSPS) is 11.2. The zero-order valence-corrected chi connectivity index (χ0v) is 16.3. The summed E-state index contributed by atoms with van der Waals surface area (Å²) in [5, 5.41) is 2.86. The van der Waals surface area contributed by atoms with Gasteiger partial charge in [-0.2, -0.15) is 0 Å². The van der Waals surface area contributed by atoms with E-state index in [9.17, 15) is 9.59 Å². The highest BCUT2D eigenvalue weighted by Crippen LogP contribution is 2.27. The minimum absolute atomic E-state index is 0.123. The third-order valence-corrected chi connectivity index (χ3v) is 4.41. The maximum absolute atomic E-state index is 12.8. The fourth-order valence-electron chi connectivity index (χ4n) is 2.35. The average molecular weight is 383 g/mol. The van der Waals surface area contributed by atoms with Gasteiger partial charge in [0, 0.05) is 17.6 Å². The molecule has 0 saturated carbocycles. The van der Waals surface area contributed by atoms with Gasteiger partial charge in [-0.1, -0.05) is 19.9 Å². The van der Waals surface area contributed by atoms with Crippen LogP contribution in [-0.4, -0.2) is 29.8 Å². The average Bonchev–Trinajstić information content (AvgIpc) is 2.48. The molecule has 0 aliphatic carbocycles. The molecule has 0 spiro atoms. The van der Waals surface area contributed by atoms with Crippen LogP contribution in [0.2, 0.25) is 0 Å². The van der Waals surface area contributed by atoms with Crippen LogP contribution in [0.5, 0.6) is 0 Å². The lowest BCUT2D eigenvalue weighted by atomic mass is 9.90. The highest BCUT2D eigenvalue weighted by Gasteiger charge is 2.39. The molecule has 5 heteroatoms. The summed E-state index contributed by atoms with van der Waals surface area (Å²) in [6, 6.07) is 5.70. The van der Waals surface area contributed by atoms with E-state index in [4.69, 9.17) is 0 Å². The number of rotatable bonds is 7. The molecule has 2 amide bonds. The number of carbonyl (C=O) groups is 2. The Hall–Kier alpha value is -1.36. The number of anilines is 1. The van der Waals surface area contributed by atoms with Crippen LogP contribution in [0.15, 0.2) is 22.7 Å². The van der Waals surface area contributed by atoms with E-state index < -0.39 is 5.41 Å². The van der Waals surface area contributed by atoms with Crippen LogP contribution in [0.1, 0.15) is 46.1 Å². The number of hydrogen-bond acceptors (Lipinski definition) is 2. The van der Waals surface area contributed by atoms with E-state index in [1.54, 1.807) is 18.7 Å². The van der Waals surface area contributed by atoms with Crippen LogP contribution >= 0.6 is 15.9 Å². The summed E-state index contributed by atoms with van der Waals surface area (Å²) in [5.74, 6) is -0.411. The van der Waals surface area contributed by atoms with Crippen molar-refractivity contribution in [3.05, 3.63) is 28.2 Å². The fourth-order valence-corrected chi connectivity index (χ4v) is 2.94. The molecule has 0 aliphatic heterocycles. The summed E-state index contributed by atoms with van der Waals surface area (Å²) in [5.41, 5.74) is 0.676. The second kappa shape index (κ2) is 8.48. The molecule has 1 aromatic carbocycles. The zero-order valence-electron chi connectivity index (χ0n) is 14.7. The number of hydrogen-bond donors (Lipinski definition) is 1. The van der Waals surface area contributed by atoms with E-state index in [2.05, 4.69) is 21.2 Å². The molecule has 1 N–H and O–H groups in total. The van der Waals surface area contributed by atoms with Crippen molar-refractivity contribution in [2.75, 3.05) is 18.4 Å². The van der Waals surface area contributed by atoms with Crippen molar-refractivity contribution in [2.45, 2.75) is 47.5 Å². The van der Waals surface area contributed by atoms with Crippen LogP contribution in [0, 0.1) is 12.3 Å². The Balaban J connectivity index is 2.92. The lowest BCUT2D eigenvalue weighted by molar-refractivity contribution is -0.146. The van der Waals surface area contributed by atoms with Crippen LogP contribution in [0.3, 0.4) is 0 Å². The number of nitrogens with one attached hydrogen (secondary N) is 1. The minimum atomic E-state index is -1.10. The van der Waals surface area contributed by atoms with E-state index in [0.29, 0.717) is 18.8 Å². The van der Waals surface area contributed by atoms with Crippen LogP contribution < -0.4 is 5.32 Å². The van der Waals surface area contributed by atoms with Crippen molar-refractivity contribution in [1.29, 1.82) is 0 Å². The molecular formula is C18H27BrN2O2. The maximum Gasteiger partial charge on any atom is 0.239 e. The molecule has 0 aromatic heterocycles. The van der Waals surface area contributed by atoms with Gasteiger partial charge in [0.05, 0.1) is 5.69 Å². The highest BCUT2D eigenvalue weighted by atomic mass is 79.9. The van der Waals surface area contributed by atoms with Crippen molar-refractivity contribution < 1.29 is 9.59 Å². The van der Waals surface area contributed by atoms with Gasteiger partial charge in [0.25, 0.3) is 0 Å². The molecule has 0 unspecified atom stereocenters. The smallest absolute Gasteiger partial charge is 0.239 e. The van der Waals surface area contributed by atoms with E-state index in [1.165, 1.54) is 0 Å². The Morgan fingerprint density at radius 1 is 1.17 bits per heavy atom. The quantitative estimate of drug-likeness (QED) is 0.711. The van der Waals surface area contributed by atoms with Gasteiger partial charge >= 0.3 is 0 Å². The highest BCUT2D eigenvalue weighted by molar-refractivity contribution is 9.10. The molecule has 4 nitrogen and oxygen atoms in total. The number of aryl methyl sites for hydroxylation is 1. The Morgan fingerprint density at radius 2 is 1.74 bits per heavy atom. The van der Waals surface area contributed by atoms with Crippen molar-refractivity contribution in [1.82, 2.24) is 4.90 Å². The van der Waals surface area contributed by atoms with Gasteiger partial charge in [-0.25, -0.2) is 0 Å². The Kier molecular flexibility index (Phi) is 7.26. The number of amides is 2. The molecule has 0 saturated heterocycles. The molecule has 0 fully saturated rings. The van der Waals surface area contributed by atoms with E-state index in [0.717, 1.165) is 22.9 Å². The SMILES string of the molecule is CCCN(CCC)C(=O)C(C)(C)C(=O)Nc1ccc(C)cc1Br. The van der Waals surface area contributed by atoms with E-state index in [1.807, 2.05) is 39.0 Å². The molecule has 23 heavy (non-hydrogen) atoms. The first-order chi connectivity index (χ1) is 10.7. The van der Waals surface area contributed by atoms with Gasteiger partial charge in [0.1, 0.15) is 5.41 Å². The Bertz CT molecular complexity index is 564. The van der Waals surface area contributed by atoms with Gasteiger partial charge in [0.2, 0.25) is 11.8 Å². The van der Waals surface area contributed by atoms with Gasteiger partial charge in [-0.3, -0.25) is 9.59 Å². The summed E-state index contributed by atoms with van der Waals surface area (Å²) in [4.78, 5) is 27.2. The standard InChI is InChI=1S/C18H27BrN2O2/c1-6-10-21(11-7-2)17(23)18(4,5)16(22)20-15-9-8-13(3)12-14(15)19/h8-9,12H,6-7,10-11H2,1-5H3,(H,20,22). The largest absolute Gasteiger partial charge is 0.342 e. The molecule has 0 bridgehead atoms. The monoisotopic (exact) mass is 382 g/mol. The maximum atomic E-state index is 12.8. The topological polar surface area (TPSA) is 49.4 Å². The molecular weight excluding hydrogens is 356 g/mol. The number of carbonyl (C=O) groups excluding carboxylic acids is 2. The van der Waals surface area contributed by atoms with Crippen LogP contribution in [0.25, 0.3) is 0 Å². The zero-order chi connectivity index (χ0) is 17.6. The lowest BCUT2D eigenvalue weighted by Crippen LogP contribution is -2.47. The van der Waals surface area contributed by atoms with Crippen molar-refractivity contribution in [2.24, 2.45) is 5.41 Å². The Labute approximate surface area is 147 Å². The summed E-state index contributed by atoms with van der Waals surface area (Å²) in [7, 11) is 0. The third-order valence-electron chi connectivity index (χ3n) is 3.75. The summed E-state index contributed by atoms with van der Waals surface area (Å²) >= 11 is 3.45. The second-order valence-electron chi connectivity index (χ2n) is 6.35. The van der Waals surface area contributed by atoms with Crippen LogP contribution in [-0.2, 0) is 9.59 Å². The molecule has 128 valence electrons. The number of nitrogens with zero attached hydrogens (tertiary/aromatic N) is 1. The first-order valence-corrected chi connectivity index (χ1v) is 8.90. The van der Waals surface area contributed by atoms with Gasteiger partial charge < -0.3 is 10.2 Å². The Morgan fingerprint density at radius 3 is 2.22 bits per heavy atom. The minimum Gasteiger partial charge on any atom is -0.342 e. The van der Waals surface area contributed by atoms with Gasteiger partial charge in [-0.15, -0.1) is 0 Å². The molecule has 0 aliphatic rings. The molecule has 1 rings (SSSR count). The lowest BCUT2D eigenvalue weighted by Gasteiger charge is -2.31. The number of halogens is 1. The van der Waals surface area contributed by atoms with Crippen molar-refractivity contribution in [3.8, 4) is 0 Å². The molecule has 0 heterocycles. The first kappa shape index (κ1) is 19.7. The molecule has 0 atom stereocenters.